The Morgan fingerprint density at radius 1 is 1.33 bits per heavy atom. The van der Waals surface area contributed by atoms with E-state index in [1.807, 2.05) is 41.1 Å². The van der Waals surface area contributed by atoms with Crippen molar-refractivity contribution in [2.24, 2.45) is 11.7 Å². The molecule has 0 radical (unpaired) electrons. The lowest BCUT2D eigenvalue weighted by Crippen LogP contribution is -2.44. The van der Waals surface area contributed by atoms with Gasteiger partial charge in [-0.05, 0) is 24.3 Å². The van der Waals surface area contributed by atoms with Crippen LogP contribution in [0.2, 0.25) is 0 Å². The maximum atomic E-state index is 12.4. The van der Waals surface area contributed by atoms with Crippen LogP contribution >= 0.6 is 12.4 Å². The Hall–Kier alpha value is -1.89. The molecular weight excluding hydrogens is 328 g/mol. The van der Waals surface area contributed by atoms with Crippen molar-refractivity contribution in [3.05, 3.63) is 48.3 Å². The number of imidazole rings is 1. The number of carbonyl (C=O) groups is 1. The average Bonchev–Trinajstić information content (AvgIpc) is 3.02. The standard InChI is InChI=1S/C17H22N4O2.ClH/c18-15(14-6-10-23-11-7-14)16(22)20-17-19-8-9-21(17)12-13-4-2-1-3-5-13;/h1-5,8-9,14-15H,6-7,10-12,18H2,(H,19,20,22);1H. The second-order valence-corrected chi connectivity index (χ2v) is 5.83. The molecule has 0 saturated carbocycles. The maximum absolute atomic E-state index is 12.4. The number of rotatable bonds is 5. The van der Waals surface area contributed by atoms with Gasteiger partial charge in [0.15, 0.2) is 0 Å². The van der Waals surface area contributed by atoms with Gasteiger partial charge in [-0.3, -0.25) is 10.1 Å². The van der Waals surface area contributed by atoms with Crippen molar-refractivity contribution in [2.45, 2.75) is 25.4 Å². The van der Waals surface area contributed by atoms with Gasteiger partial charge in [0.2, 0.25) is 11.9 Å². The van der Waals surface area contributed by atoms with Gasteiger partial charge in [0.1, 0.15) is 0 Å². The van der Waals surface area contributed by atoms with E-state index >= 15 is 0 Å². The summed E-state index contributed by atoms with van der Waals surface area (Å²) in [6, 6.07) is 9.52. The Bertz CT molecular complexity index is 641. The van der Waals surface area contributed by atoms with Crippen molar-refractivity contribution in [3.8, 4) is 0 Å². The zero-order chi connectivity index (χ0) is 16.1. The van der Waals surface area contributed by atoms with Crippen LogP contribution in [0.15, 0.2) is 42.7 Å². The van der Waals surface area contributed by atoms with Crippen molar-refractivity contribution in [2.75, 3.05) is 18.5 Å². The van der Waals surface area contributed by atoms with E-state index in [4.69, 9.17) is 10.5 Å². The fraction of sp³-hybridized carbons (Fsp3) is 0.412. The summed E-state index contributed by atoms with van der Waals surface area (Å²) in [4.78, 5) is 16.6. The van der Waals surface area contributed by atoms with Crippen molar-refractivity contribution >= 4 is 24.3 Å². The Kier molecular flexibility index (Phi) is 6.78. The molecule has 0 bridgehead atoms. The number of nitrogens with one attached hydrogen (secondary N) is 1. The second kappa shape index (κ2) is 8.82. The fourth-order valence-electron chi connectivity index (χ4n) is 2.82. The van der Waals surface area contributed by atoms with Gasteiger partial charge in [-0.1, -0.05) is 30.3 Å². The zero-order valence-corrected chi connectivity index (χ0v) is 14.2. The second-order valence-electron chi connectivity index (χ2n) is 5.83. The van der Waals surface area contributed by atoms with Gasteiger partial charge in [0, 0.05) is 25.6 Å². The molecule has 7 heteroatoms. The van der Waals surface area contributed by atoms with E-state index in [0.717, 1.165) is 18.4 Å². The van der Waals surface area contributed by atoms with Gasteiger partial charge in [0.05, 0.1) is 12.6 Å². The van der Waals surface area contributed by atoms with E-state index in [2.05, 4.69) is 10.3 Å². The molecule has 1 unspecified atom stereocenters. The number of hydrogen-bond acceptors (Lipinski definition) is 4. The third kappa shape index (κ3) is 4.56. The Balaban J connectivity index is 0.00000208. The van der Waals surface area contributed by atoms with Gasteiger partial charge in [-0.15, -0.1) is 12.4 Å². The molecule has 3 rings (SSSR count). The highest BCUT2D eigenvalue weighted by Crippen LogP contribution is 2.19. The van der Waals surface area contributed by atoms with Crippen molar-refractivity contribution in [3.63, 3.8) is 0 Å². The number of hydrogen-bond donors (Lipinski definition) is 2. The van der Waals surface area contributed by atoms with E-state index in [0.29, 0.717) is 25.7 Å². The summed E-state index contributed by atoms with van der Waals surface area (Å²) >= 11 is 0. The highest BCUT2D eigenvalue weighted by molar-refractivity contribution is 5.93. The molecule has 1 fully saturated rings. The first kappa shape index (κ1) is 18.4. The van der Waals surface area contributed by atoms with E-state index in [1.165, 1.54) is 0 Å². The minimum atomic E-state index is -0.527. The third-order valence-electron chi connectivity index (χ3n) is 4.22. The monoisotopic (exact) mass is 350 g/mol. The summed E-state index contributed by atoms with van der Waals surface area (Å²) < 4.78 is 7.22. The highest BCUT2D eigenvalue weighted by atomic mass is 35.5. The van der Waals surface area contributed by atoms with Crippen LogP contribution in [0.4, 0.5) is 5.95 Å². The molecule has 1 aromatic carbocycles. The van der Waals surface area contributed by atoms with Crippen molar-refractivity contribution in [1.29, 1.82) is 0 Å². The quantitative estimate of drug-likeness (QED) is 0.864. The van der Waals surface area contributed by atoms with Gasteiger partial charge in [-0.25, -0.2) is 4.98 Å². The minimum absolute atomic E-state index is 0. The SMILES string of the molecule is Cl.NC(C(=O)Nc1nccn1Cc1ccccc1)C1CCOCC1. The molecule has 1 aromatic heterocycles. The molecule has 0 spiro atoms. The van der Waals surface area contributed by atoms with E-state index in [1.54, 1.807) is 6.20 Å². The van der Waals surface area contributed by atoms with Crippen LogP contribution < -0.4 is 11.1 Å². The number of amides is 1. The lowest BCUT2D eigenvalue weighted by Gasteiger charge is -2.26. The molecule has 1 atom stereocenters. The Labute approximate surface area is 147 Å². The van der Waals surface area contributed by atoms with Crippen LogP contribution in [0.25, 0.3) is 0 Å². The molecule has 130 valence electrons. The number of ether oxygens (including phenoxy) is 1. The zero-order valence-electron chi connectivity index (χ0n) is 13.4. The Morgan fingerprint density at radius 3 is 2.75 bits per heavy atom. The van der Waals surface area contributed by atoms with Gasteiger partial charge in [0.25, 0.3) is 0 Å². The minimum Gasteiger partial charge on any atom is -0.381 e. The van der Waals surface area contributed by atoms with Gasteiger partial charge >= 0.3 is 0 Å². The number of halogens is 1. The van der Waals surface area contributed by atoms with Crippen LogP contribution in [0.3, 0.4) is 0 Å². The molecular formula is C17H23ClN4O2. The molecule has 1 saturated heterocycles. The maximum Gasteiger partial charge on any atom is 0.243 e. The molecule has 1 aliphatic rings. The first-order valence-electron chi connectivity index (χ1n) is 7.93. The lowest BCUT2D eigenvalue weighted by molar-refractivity contribution is -0.119. The number of aromatic nitrogens is 2. The average molecular weight is 351 g/mol. The summed E-state index contributed by atoms with van der Waals surface area (Å²) in [5.41, 5.74) is 7.25. The van der Waals surface area contributed by atoms with Crippen LogP contribution in [0, 0.1) is 5.92 Å². The summed E-state index contributed by atoms with van der Waals surface area (Å²) in [6.45, 7) is 2.01. The molecule has 24 heavy (non-hydrogen) atoms. The third-order valence-corrected chi connectivity index (χ3v) is 4.22. The summed E-state index contributed by atoms with van der Waals surface area (Å²) in [7, 11) is 0. The van der Waals surface area contributed by atoms with Gasteiger partial charge in [-0.2, -0.15) is 0 Å². The molecule has 3 N–H and O–H groups in total. The predicted octanol–water partition coefficient (Wildman–Crippen LogP) is 2.05. The normalized spacial score (nSPS) is 16.2. The molecule has 0 aliphatic carbocycles. The molecule has 1 amide bonds. The molecule has 1 aliphatic heterocycles. The predicted molar refractivity (Wildman–Crippen MR) is 95.2 cm³/mol. The van der Waals surface area contributed by atoms with Crippen LogP contribution in [-0.4, -0.2) is 34.7 Å². The number of benzene rings is 1. The van der Waals surface area contributed by atoms with Crippen molar-refractivity contribution < 1.29 is 9.53 Å². The number of carbonyl (C=O) groups excluding carboxylic acids is 1. The summed E-state index contributed by atoms with van der Waals surface area (Å²) in [5, 5.41) is 2.85. The van der Waals surface area contributed by atoms with E-state index in [-0.39, 0.29) is 24.2 Å². The van der Waals surface area contributed by atoms with Crippen LogP contribution in [-0.2, 0) is 16.1 Å². The number of nitrogens with two attached hydrogens (primary N) is 1. The molecule has 2 heterocycles. The first-order chi connectivity index (χ1) is 11.2. The highest BCUT2D eigenvalue weighted by Gasteiger charge is 2.27. The number of nitrogens with zero attached hydrogens (tertiary/aromatic N) is 2. The molecule has 2 aromatic rings. The van der Waals surface area contributed by atoms with Gasteiger partial charge < -0.3 is 15.0 Å². The number of anilines is 1. The topological polar surface area (TPSA) is 82.2 Å². The summed E-state index contributed by atoms with van der Waals surface area (Å²) in [6.07, 6.45) is 5.18. The van der Waals surface area contributed by atoms with Crippen LogP contribution in [0.1, 0.15) is 18.4 Å². The van der Waals surface area contributed by atoms with Crippen LogP contribution in [0.5, 0.6) is 0 Å². The van der Waals surface area contributed by atoms with E-state index in [9.17, 15) is 4.79 Å². The molecule has 6 nitrogen and oxygen atoms in total. The lowest BCUT2D eigenvalue weighted by atomic mass is 9.92. The Morgan fingerprint density at radius 2 is 2.04 bits per heavy atom. The van der Waals surface area contributed by atoms with E-state index < -0.39 is 6.04 Å². The fourth-order valence-corrected chi connectivity index (χ4v) is 2.82. The van der Waals surface area contributed by atoms with Crippen molar-refractivity contribution in [1.82, 2.24) is 9.55 Å². The summed E-state index contributed by atoms with van der Waals surface area (Å²) in [5.74, 6) is 0.514. The first-order valence-corrected chi connectivity index (χ1v) is 7.93. The smallest absolute Gasteiger partial charge is 0.243 e. The largest absolute Gasteiger partial charge is 0.381 e.